The van der Waals surface area contributed by atoms with E-state index in [4.69, 9.17) is 9.52 Å². The monoisotopic (exact) mass is 384 g/mol. The molecule has 1 amide bonds. The van der Waals surface area contributed by atoms with Gasteiger partial charge in [0.05, 0.1) is 11.8 Å². The quantitative estimate of drug-likeness (QED) is 0.390. The van der Waals surface area contributed by atoms with E-state index in [9.17, 15) is 9.59 Å². The number of hydrogen-bond acceptors (Lipinski definition) is 4. The number of nitrogens with one attached hydrogen (secondary N) is 1. The first-order valence-corrected chi connectivity index (χ1v) is 8.86. The summed E-state index contributed by atoms with van der Waals surface area (Å²) >= 11 is 0. The zero-order valence-electron chi connectivity index (χ0n) is 15.2. The lowest BCUT2D eigenvalue weighted by Crippen LogP contribution is -2.17. The molecule has 0 bridgehead atoms. The van der Waals surface area contributed by atoms with Crippen molar-refractivity contribution in [2.45, 2.75) is 0 Å². The third kappa shape index (κ3) is 4.06. The zero-order valence-corrected chi connectivity index (χ0v) is 15.2. The van der Waals surface area contributed by atoms with Gasteiger partial charge >= 0.3 is 5.97 Å². The minimum Gasteiger partial charge on any atom is -0.478 e. The molecule has 3 aromatic carbocycles. The zero-order chi connectivity index (χ0) is 20.2. The van der Waals surface area contributed by atoms with Gasteiger partial charge in [-0.2, -0.15) is 5.10 Å². The Labute approximate surface area is 166 Å². The molecule has 0 atom stereocenters. The third-order valence-electron chi connectivity index (χ3n) is 4.39. The Balaban J connectivity index is 1.45. The average molecular weight is 384 g/mol. The van der Waals surface area contributed by atoms with Gasteiger partial charge in [0.2, 0.25) is 0 Å². The number of hydrazone groups is 1. The number of carbonyl (C=O) groups excluding carboxylic acids is 1. The molecule has 0 aliphatic heterocycles. The van der Waals surface area contributed by atoms with Gasteiger partial charge in [0, 0.05) is 11.1 Å². The average Bonchev–Trinajstić information content (AvgIpc) is 3.22. The fourth-order valence-corrected chi connectivity index (χ4v) is 2.93. The van der Waals surface area contributed by atoms with Gasteiger partial charge in [0.15, 0.2) is 0 Å². The van der Waals surface area contributed by atoms with Crippen LogP contribution in [0.3, 0.4) is 0 Å². The van der Waals surface area contributed by atoms with Crippen LogP contribution in [0.15, 0.2) is 88.4 Å². The van der Waals surface area contributed by atoms with Crippen LogP contribution in [0, 0.1) is 0 Å². The molecule has 6 nitrogen and oxygen atoms in total. The van der Waals surface area contributed by atoms with Gasteiger partial charge in [-0.05, 0) is 47.2 Å². The third-order valence-corrected chi connectivity index (χ3v) is 4.39. The van der Waals surface area contributed by atoms with Crippen LogP contribution >= 0.6 is 0 Å². The molecule has 0 unspecified atom stereocenters. The van der Waals surface area contributed by atoms with Crippen molar-refractivity contribution in [2.75, 3.05) is 0 Å². The van der Waals surface area contributed by atoms with E-state index in [2.05, 4.69) is 10.5 Å². The van der Waals surface area contributed by atoms with Gasteiger partial charge in [0.1, 0.15) is 11.5 Å². The van der Waals surface area contributed by atoms with E-state index >= 15 is 0 Å². The molecule has 4 rings (SSSR count). The molecule has 4 aromatic rings. The summed E-state index contributed by atoms with van der Waals surface area (Å²) in [5.41, 5.74) is 3.80. The summed E-state index contributed by atoms with van der Waals surface area (Å²) in [7, 11) is 0. The number of rotatable bonds is 5. The highest BCUT2D eigenvalue weighted by Crippen LogP contribution is 2.22. The fraction of sp³-hybridized carbons (Fsp3) is 0. The van der Waals surface area contributed by atoms with Gasteiger partial charge in [-0.1, -0.05) is 42.5 Å². The second-order valence-corrected chi connectivity index (χ2v) is 6.35. The molecule has 0 saturated heterocycles. The van der Waals surface area contributed by atoms with Gasteiger partial charge in [0.25, 0.3) is 5.91 Å². The van der Waals surface area contributed by atoms with Crippen molar-refractivity contribution in [3.63, 3.8) is 0 Å². The number of nitrogens with zero attached hydrogens (tertiary/aromatic N) is 1. The molecular formula is C23H16N2O4. The summed E-state index contributed by atoms with van der Waals surface area (Å²) in [5.74, 6) is -0.389. The van der Waals surface area contributed by atoms with Gasteiger partial charge in [-0.25, -0.2) is 10.2 Å². The molecule has 1 heterocycles. The predicted octanol–water partition coefficient (Wildman–Crippen LogP) is 4.56. The molecule has 6 heteroatoms. The van der Waals surface area contributed by atoms with E-state index in [-0.39, 0.29) is 11.5 Å². The number of carboxylic acids is 1. The van der Waals surface area contributed by atoms with Crippen LogP contribution in [0.1, 0.15) is 26.5 Å². The van der Waals surface area contributed by atoms with Crippen molar-refractivity contribution in [3.8, 4) is 11.3 Å². The number of fused-ring (bicyclic) bond motifs is 1. The number of hydrogen-bond donors (Lipinski definition) is 2. The maximum atomic E-state index is 12.3. The number of carboxylic acid groups (broad SMARTS) is 1. The number of furan rings is 1. The standard InChI is InChI=1S/C23H16N2O4/c26-22(18-9-8-15-4-1-2-5-16(15)12-18)25-24-14-20-10-11-21(29-20)17-6-3-7-19(13-17)23(27)28/h1-14H,(H,25,26)(H,27,28)/b24-14-. The summed E-state index contributed by atoms with van der Waals surface area (Å²) in [6, 6.07) is 23.1. The molecule has 0 aliphatic rings. The van der Waals surface area contributed by atoms with Crippen LogP contribution < -0.4 is 5.43 Å². The Kier molecular flexibility index (Phi) is 4.90. The highest BCUT2D eigenvalue weighted by atomic mass is 16.4. The topological polar surface area (TPSA) is 91.9 Å². The summed E-state index contributed by atoms with van der Waals surface area (Å²) in [6.45, 7) is 0. The molecule has 0 spiro atoms. The molecular weight excluding hydrogens is 368 g/mol. The Morgan fingerprint density at radius 3 is 2.52 bits per heavy atom. The number of benzene rings is 3. The second kappa shape index (κ2) is 7.82. The number of amides is 1. The lowest BCUT2D eigenvalue weighted by atomic mass is 10.1. The second-order valence-electron chi connectivity index (χ2n) is 6.35. The first-order chi connectivity index (χ1) is 14.1. The molecule has 2 N–H and O–H groups in total. The largest absolute Gasteiger partial charge is 0.478 e. The summed E-state index contributed by atoms with van der Waals surface area (Å²) in [6.07, 6.45) is 1.39. The van der Waals surface area contributed by atoms with Crippen LogP contribution in [0.4, 0.5) is 0 Å². The maximum absolute atomic E-state index is 12.3. The Morgan fingerprint density at radius 1 is 0.862 bits per heavy atom. The Bertz CT molecular complexity index is 1240. The lowest BCUT2D eigenvalue weighted by molar-refractivity contribution is 0.0696. The Hall–Kier alpha value is -4.19. The molecule has 142 valence electrons. The number of carbonyl (C=O) groups is 2. The van der Waals surface area contributed by atoms with Crippen molar-refractivity contribution in [1.82, 2.24) is 5.43 Å². The van der Waals surface area contributed by atoms with E-state index in [1.807, 2.05) is 30.3 Å². The van der Waals surface area contributed by atoms with Crippen LogP contribution in [-0.4, -0.2) is 23.2 Å². The van der Waals surface area contributed by atoms with E-state index in [0.29, 0.717) is 22.6 Å². The smallest absolute Gasteiger partial charge is 0.335 e. The molecule has 0 saturated carbocycles. The highest BCUT2D eigenvalue weighted by Gasteiger charge is 2.08. The highest BCUT2D eigenvalue weighted by molar-refractivity contribution is 5.98. The van der Waals surface area contributed by atoms with E-state index in [1.54, 1.807) is 36.4 Å². The minimum absolute atomic E-state index is 0.178. The molecule has 1 aromatic heterocycles. The van der Waals surface area contributed by atoms with Crippen molar-refractivity contribution in [2.24, 2.45) is 5.10 Å². The molecule has 0 radical (unpaired) electrons. The SMILES string of the molecule is O=C(O)c1cccc(-c2ccc(/C=N\NC(=O)c3ccc4ccccc4c3)o2)c1. The van der Waals surface area contributed by atoms with Gasteiger partial charge in [-0.15, -0.1) is 0 Å². The first-order valence-electron chi connectivity index (χ1n) is 8.86. The summed E-state index contributed by atoms with van der Waals surface area (Å²) in [4.78, 5) is 23.4. The van der Waals surface area contributed by atoms with Crippen molar-refractivity contribution in [1.29, 1.82) is 0 Å². The van der Waals surface area contributed by atoms with E-state index in [1.165, 1.54) is 18.3 Å². The normalized spacial score (nSPS) is 11.0. The van der Waals surface area contributed by atoms with Gasteiger partial charge < -0.3 is 9.52 Å². The van der Waals surface area contributed by atoms with E-state index < -0.39 is 5.97 Å². The fourth-order valence-electron chi connectivity index (χ4n) is 2.93. The maximum Gasteiger partial charge on any atom is 0.335 e. The Morgan fingerprint density at radius 2 is 1.69 bits per heavy atom. The van der Waals surface area contributed by atoms with Crippen LogP contribution in [0.25, 0.3) is 22.1 Å². The van der Waals surface area contributed by atoms with Crippen LogP contribution in [0.2, 0.25) is 0 Å². The molecule has 0 aliphatic carbocycles. The minimum atomic E-state index is -1.00. The van der Waals surface area contributed by atoms with Crippen LogP contribution in [-0.2, 0) is 0 Å². The lowest BCUT2D eigenvalue weighted by Gasteiger charge is -2.02. The van der Waals surface area contributed by atoms with E-state index in [0.717, 1.165) is 10.8 Å². The molecule has 0 fully saturated rings. The molecule has 29 heavy (non-hydrogen) atoms. The number of aromatic carboxylic acids is 1. The van der Waals surface area contributed by atoms with Crippen molar-refractivity contribution in [3.05, 3.63) is 95.7 Å². The summed E-state index contributed by atoms with van der Waals surface area (Å²) < 4.78 is 5.66. The van der Waals surface area contributed by atoms with Crippen molar-refractivity contribution < 1.29 is 19.1 Å². The van der Waals surface area contributed by atoms with Crippen molar-refractivity contribution >= 4 is 28.9 Å². The van der Waals surface area contributed by atoms with Gasteiger partial charge in [-0.3, -0.25) is 4.79 Å². The predicted molar refractivity (Wildman–Crippen MR) is 110 cm³/mol. The first kappa shape index (κ1) is 18.2. The summed E-state index contributed by atoms with van der Waals surface area (Å²) in [5, 5.41) is 15.1. The van der Waals surface area contributed by atoms with Crippen LogP contribution in [0.5, 0.6) is 0 Å².